The minimum absolute atomic E-state index is 0.00438. The highest BCUT2D eigenvalue weighted by molar-refractivity contribution is 5.86. The Balaban J connectivity index is 4.48. The number of carboxylic acids is 3. The Morgan fingerprint density at radius 2 is 1.50 bits per heavy atom. The monoisotopic (exact) mass is 344 g/mol. The molecule has 2 atom stereocenters. The van der Waals surface area contributed by atoms with E-state index in [0.717, 1.165) is 38.5 Å². The number of rotatable bonds is 15. The molecule has 0 radical (unpaired) electrons. The lowest BCUT2D eigenvalue weighted by Crippen LogP contribution is -2.49. The van der Waals surface area contributed by atoms with E-state index in [1.807, 2.05) is 6.08 Å². The summed E-state index contributed by atoms with van der Waals surface area (Å²) in [5, 5.41) is 37.3. The maximum atomic E-state index is 11.4. The summed E-state index contributed by atoms with van der Waals surface area (Å²) in [6.45, 7) is 3.64. The van der Waals surface area contributed by atoms with Gasteiger partial charge in [-0.3, -0.25) is 9.59 Å². The van der Waals surface area contributed by atoms with E-state index in [1.165, 1.54) is 0 Å². The van der Waals surface area contributed by atoms with E-state index in [1.54, 1.807) is 0 Å². The van der Waals surface area contributed by atoms with Gasteiger partial charge in [0.25, 0.3) is 0 Å². The van der Waals surface area contributed by atoms with Gasteiger partial charge in [-0.2, -0.15) is 0 Å². The third-order valence-corrected chi connectivity index (χ3v) is 4.12. The predicted octanol–water partition coefficient (Wildman–Crippen LogP) is 2.67. The van der Waals surface area contributed by atoms with Crippen LogP contribution in [0.3, 0.4) is 0 Å². The van der Waals surface area contributed by atoms with Crippen molar-refractivity contribution in [2.45, 2.75) is 69.8 Å². The molecule has 0 spiro atoms. The average molecular weight is 344 g/mol. The minimum Gasteiger partial charge on any atom is -0.481 e. The molecule has 0 amide bonds. The van der Waals surface area contributed by atoms with E-state index < -0.39 is 42.3 Å². The van der Waals surface area contributed by atoms with Crippen LogP contribution < -0.4 is 0 Å². The Morgan fingerprint density at radius 1 is 0.958 bits per heavy atom. The van der Waals surface area contributed by atoms with Crippen molar-refractivity contribution in [3.05, 3.63) is 12.7 Å². The maximum Gasteiger partial charge on any atom is 0.336 e. The molecule has 0 unspecified atom stereocenters. The summed E-state index contributed by atoms with van der Waals surface area (Å²) in [6.07, 6.45) is 6.86. The van der Waals surface area contributed by atoms with Crippen LogP contribution in [0.25, 0.3) is 0 Å². The number of carboxylic acid groups (broad SMARTS) is 3. The van der Waals surface area contributed by atoms with Gasteiger partial charge in [0.1, 0.15) is 0 Å². The molecule has 0 saturated heterocycles. The predicted molar refractivity (Wildman–Crippen MR) is 87.7 cm³/mol. The first-order valence-corrected chi connectivity index (χ1v) is 8.27. The summed E-state index contributed by atoms with van der Waals surface area (Å²) >= 11 is 0. The Hall–Kier alpha value is -1.89. The largest absolute Gasteiger partial charge is 0.481 e. The van der Waals surface area contributed by atoms with Crippen LogP contribution in [0.15, 0.2) is 12.7 Å². The quantitative estimate of drug-likeness (QED) is 0.265. The molecule has 0 aliphatic heterocycles. The van der Waals surface area contributed by atoms with Gasteiger partial charge in [0.05, 0.1) is 5.92 Å². The fourth-order valence-corrected chi connectivity index (χ4v) is 2.64. The van der Waals surface area contributed by atoms with Crippen molar-refractivity contribution in [2.24, 2.45) is 5.92 Å². The molecule has 0 heterocycles. The van der Waals surface area contributed by atoms with Crippen LogP contribution in [-0.2, 0) is 14.4 Å². The van der Waals surface area contributed by atoms with Crippen LogP contribution >= 0.6 is 0 Å². The Bertz CT molecular complexity index is 433. The Morgan fingerprint density at radius 3 is 1.96 bits per heavy atom. The molecule has 7 heteroatoms. The number of hydrogen-bond acceptors (Lipinski definition) is 4. The number of carbonyl (C=O) groups is 3. The first kappa shape index (κ1) is 22.1. The van der Waals surface area contributed by atoms with E-state index in [2.05, 4.69) is 6.58 Å². The van der Waals surface area contributed by atoms with Crippen LogP contribution in [0.5, 0.6) is 0 Å². The normalized spacial score (nSPS) is 14.5. The first-order chi connectivity index (χ1) is 11.3. The highest BCUT2D eigenvalue weighted by atomic mass is 16.4. The molecule has 0 rings (SSSR count). The van der Waals surface area contributed by atoms with Gasteiger partial charge >= 0.3 is 17.9 Å². The maximum absolute atomic E-state index is 11.4. The second-order valence-corrected chi connectivity index (χ2v) is 6.00. The van der Waals surface area contributed by atoms with Gasteiger partial charge in [0.15, 0.2) is 5.60 Å². The van der Waals surface area contributed by atoms with E-state index in [0.29, 0.717) is 6.42 Å². The summed E-state index contributed by atoms with van der Waals surface area (Å²) in [4.78, 5) is 33.3. The fourth-order valence-electron chi connectivity index (χ4n) is 2.64. The van der Waals surface area contributed by atoms with E-state index >= 15 is 0 Å². The summed E-state index contributed by atoms with van der Waals surface area (Å²) in [5.41, 5.74) is -2.56. The zero-order chi connectivity index (χ0) is 18.6. The highest BCUT2D eigenvalue weighted by Crippen LogP contribution is 2.29. The zero-order valence-corrected chi connectivity index (χ0v) is 13.9. The second kappa shape index (κ2) is 11.6. The van der Waals surface area contributed by atoms with Gasteiger partial charge in [-0.05, 0) is 25.7 Å². The highest BCUT2D eigenvalue weighted by Gasteiger charge is 2.47. The zero-order valence-electron chi connectivity index (χ0n) is 13.9. The van der Waals surface area contributed by atoms with Crippen molar-refractivity contribution < 1.29 is 34.8 Å². The van der Waals surface area contributed by atoms with Crippen LogP contribution in [0.2, 0.25) is 0 Å². The summed E-state index contributed by atoms with van der Waals surface area (Å²) in [7, 11) is 0. The molecular formula is C17H28O7. The van der Waals surface area contributed by atoms with Crippen molar-refractivity contribution in [1.82, 2.24) is 0 Å². The molecule has 0 aromatic rings. The fraction of sp³-hybridized carbons (Fsp3) is 0.706. The van der Waals surface area contributed by atoms with Crippen molar-refractivity contribution in [3.8, 4) is 0 Å². The third kappa shape index (κ3) is 8.10. The van der Waals surface area contributed by atoms with E-state index in [4.69, 9.17) is 5.11 Å². The number of aliphatic hydroxyl groups is 1. The number of unbranched alkanes of at least 4 members (excludes halogenated alkanes) is 6. The minimum atomic E-state index is -2.56. The topological polar surface area (TPSA) is 132 Å². The average Bonchev–Trinajstić information content (AvgIpc) is 2.50. The van der Waals surface area contributed by atoms with Crippen molar-refractivity contribution in [2.75, 3.05) is 0 Å². The molecule has 138 valence electrons. The van der Waals surface area contributed by atoms with Gasteiger partial charge in [-0.1, -0.05) is 38.2 Å². The van der Waals surface area contributed by atoms with Gasteiger partial charge in [-0.25, -0.2) is 4.79 Å². The van der Waals surface area contributed by atoms with Crippen molar-refractivity contribution >= 4 is 17.9 Å². The summed E-state index contributed by atoms with van der Waals surface area (Å²) < 4.78 is 0. The first-order valence-electron chi connectivity index (χ1n) is 8.27. The van der Waals surface area contributed by atoms with Gasteiger partial charge < -0.3 is 20.4 Å². The van der Waals surface area contributed by atoms with Gasteiger partial charge in [0, 0.05) is 6.42 Å². The molecule has 4 N–H and O–H groups in total. The summed E-state index contributed by atoms with van der Waals surface area (Å²) in [6, 6.07) is 0. The molecule has 24 heavy (non-hydrogen) atoms. The lowest BCUT2D eigenvalue weighted by atomic mass is 9.80. The lowest BCUT2D eigenvalue weighted by Gasteiger charge is -2.29. The van der Waals surface area contributed by atoms with Crippen LogP contribution in [0.4, 0.5) is 0 Å². The second-order valence-electron chi connectivity index (χ2n) is 6.00. The van der Waals surface area contributed by atoms with Gasteiger partial charge in [-0.15, -0.1) is 6.58 Å². The standard InChI is InChI=1S/C17H28O7/c1-2-3-4-5-6-7-8-9-10-13(15(20)21)17(24,16(22)23)12-11-14(18)19/h2,13,24H,1,3-12H2,(H,18,19)(H,20,21)(H,22,23)/t13-,17-/m0/s1. The molecule has 0 aromatic carbocycles. The SMILES string of the molecule is C=CCCCCCCCC[C@@H](C(=O)O)[C@@](O)(CCC(=O)O)C(=O)O. The van der Waals surface area contributed by atoms with Crippen LogP contribution in [0, 0.1) is 5.92 Å². The number of hydrogen-bond donors (Lipinski definition) is 4. The molecule has 0 fully saturated rings. The molecule has 0 bridgehead atoms. The van der Waals surface area contributed by atoms with Crippen LogP contribution in [0.1, 0.15) is 64.2 Å². The molecule has 0 aliphatic rings. The van der Waals surface area contributed by atoms with E-state index in [-0.39, 0.29) is 6.42 Å². The van der Waals surface area contributed by atoms with Crippen LogP contribution in [-0.4, -0.2) is 43.9 Å². The smallest absolute Gasteiger partial charge is 0.336 e. The molecule has 0 aliphatic carbocycles. The Kier molecular flexibility index (Phi) is 10.7. The summed E-state index contributed by atoms with van der Waals surface area (Å²) in [5.74, 6) is -5.91. The van der Waals surface area contributed by atoms with Crippen molar-refractivity contribution in [3.63, 3.8) is 0 Å². The third-order valence-electron chi connectivity index (χ3n) is 4.12. The lowest BCUT2D eigenvalue weighted by molar-refractivity contribution is -0.176. The molecule has 0 aromatic heterocycles. The number of allylic oxidation sites excluding steroid dienone is 1. The van der Waals surface area contributed by atoms with Gasteiger partial charge in [0.2, 0.25) is 0 Å². The number of aliphatic carboxylic acids is 3. The van der Waals surface area contributed by atoms with Crippen molar-refractivity contribution in [1.29, 1.82) is 0 Å². The molecule has 0 saturated carbocycles. The van der Waals surface area contributed by atoms with E-state index in [9.17, 15) is 29.7 Å². The molecular weight excluding hydrogens is 316 g/mol. The molecule has 7 nitrogen and oxygen atoms in total. The Labute approximate surface area is 142 Å².